The van der Waals surface area contributed by atoms with Gasteiger partial charge in [-0.1, -0.05) is 11.6 Å². The fourth-order valence-corrected chi connectivity index (χ4v) is 2.94. The molecule has 1 aliphatic heterocycles. The van der Waals surface area contributed by atoms with Crippen LogP contribution in [0.15, 0.2) is 30.5 Å². The van der Waals surface area contributed by atoms with Gasteiger partial charge in [0.1, 0.15) is 0 Å². The molecule has 8 heteroatoms. The van der Waals surface area contributed by atoms with Gasteiger partial charge in [0.05, 0.1) is 24.5 Å². The van der Waals surface area contributed by atoms with Gasteiger partial charge in [0.15, 0.2) is 5.82 Å². The van der Waals surface area contributed by atoms with Crippen LogP contribution >= 0.6 is 11.6 Å². The molecule has 128 valence electrons. The standard InChI is InChI=1S/C17H16ClN5O2/c1-11-14(16(24)22-6-8-25-9-7-22)10-19-17-20-15(21-23(11)17)12-2-4-13(18)5-3-12/h2-5,10H,6-9H2,1H3. The maximum atomic E-state index is 12.7. The first kappa shape index (κ1) is 16.0. The highest BCUT2D eigenvalue weighted by molar-refractivity contribution is 6.30. The van der Waals surface area contributed by atoms with Gasteiger partial charge in [-0.25, -0.2) is 9.50 Å². The normalized spacial score (nSPS) is 14.9. The van der Waals surface area contributed by atoms with E-state index in [0.717, 1.165) is 5.56 Å². The number of rotatable bonds is 2. The van der Waals surface area contributed by atoms with Crippen molar-refractivity contribution in [2.75, 3.05) is 26.3 Å². The van der Waals surface area contributed by atoms with Gasteiger partial charge in [-0.2, -0.15) is 4.98 Å². The molecule has 0 saturated carbocycles. The number of hydrogen-bond acceptors (Lipinski definition) is 5. The molecule has 0 spiro atoms. The van der Waals surface area contributed by atoms with E-state index in [1.165, 1.54) is 0 Å². The summed E-state index contributed by atoms with van der Waals surface area (Å²) in [6, 6.07) is 7.28. The number of hydrogen-bond donors (Lipinski definition) is 0. The first-order valence-corrected chi connectivity index (χ1v) is 8.36. The van der Waals surface area contributed by atoms with Gasteiger partial charge >= 0.3 is 0 Å². The molecule has 0 radical (unpaired) electrons. The third kappa shape index (κ3) is 2.96. The Balaban J connectivity index is 1.72. The van der Waals surface area contributed by atoms with Crippen LogP contribution in [0.4, 0.5) is 0 Å². The Morgan fingerprint density at radius 2 is 1.92 bits per heavy atom. The van der Waals surface area contributed by atoms with Gasteiger partial charge in [0.2, 0.25) is 0 Å². The molecule has 2 aromatic heterocycles. The third-order valence-corrected chi connectivity index (χ3v) is 4.49. The van der Waals surface area contributed by atoms with Crippen LogP contribution in [-0.2, 0) is 4.74 Å². The van der Waals surface area contributed by atoms with Crippen LogP contribution in [0.5, 0.6) is 0 Å². The average molecular weight is 358 g/mol. The van der Waals surface area contributed by atoms with Gasteiger partial charge in [-0.3, -0.25) is 4.79 Å². The first-order chi connectivity index (χ1) is 12.1. The predicted molar refractivity (Wildman–Crippen MR) is 92.7 cm³/mol. The molecule has 1 aliphatic rings. The number of aromatic nitrogens is 4. The predicted octanol–water partition coefficient (Wildman–Crippen LogP) is 2.23. The van der Waals surface area contributed by atoms with Crippen molar-refractivity contribution in [3.05, 3.63) is 46.7 Å². The van der Waals surface area contributed by atoms with Crippen LogP contribution in [0.1, 0.15) is 16.1 Å². The highest BCUT2D eigenvalue weighted by Crippen LogP contribution is 2.20. The van der Waals surface area contributed by atoms with E-state index in [2.05, 4.69) is 15.1 Å². The van der Waals surface area contributed by atoms with Crippen LogP contribution in [0, 0.1) is 6.92 Å². The molecular formula is C17H16ClN5O2. The highest BCUT2D eigenvalue weighted by Gasteiger charge is 2.22. The summed E-state index contributed by atoms with van der Waals surface area (Å²) in [4.78, 5) is 23.3. The van der Waals surface area contributed by atoms with E-state index in [1.54, 1.807) is 27.7 Å². The quantitative estimate of drug-likeness (QED) is 0.703. The molecule has 4 rings (SSSR count). The number of fused-ring (bicyclic) bond motifs is 1. The van der Waals surface area contributed by atoms with Crippen molar-refractivity contribution in [2.24, 2.45) is 0 Å². The van der Waals surface area contributed by atoms with Crippen molar-refractivity contribution >= 4 is 23.3 Å². The van der Waals surface area contributed by atoms with Crippen molar-refractivity contribution < 1.29 is 9.53 Å². The van der Waals surface area contributed by atoms with E-state index >= 15 is 0 Å². The Hall–Kier alpha value is -2.51. The molecule has 0 N–H and O–H groups in total. The van der Waals surface area contributed by atoms with Gasteiger partial charge in [0, 0.05) is 29.9 Å². The van der Waals surface area contributed by atoms with Crippen LogP contribution in [-0.4, -0.2) is 56.7 Å². The summed E-state index contributed by atoms with van der Waals surface area (Å²) in [6.45, 7) is 4.14. The molecule has 0 unspecified atom stereocenters. The van der Waals surface area contributed by atoms with E-state index in [-0.39, 0.29) is 5.91 Å². The number of ether oxygens (including phenoxy) is 1. The lowest BCUT2D eigenvalue weighted by atomic mass is 10.2. The first-order valence-electron chi connectivity index (χ1n) is 7.99. The molecule has 3 aromatic rings. The number of amides is 1. The summed E-state index contributed by atoms with van der Waals surface area (Å²) in [6.07, 6.45) is 1.57. The third-order valence-electron chi connectivity index (χ3n) is 4.24. The number of aryl methyl sites for hydroxylation is 1. The van der Waals surface area contributed by atoms with Crippen molar-refractivity contribution in [1.82, 2.24) is 24.5 Å². The van der Waals surface area contributed by atoms with Gasteiger partial charge < -0.3 is 9.64 Å². The topological polar surface area (TPSA) is 72.6 Å². The van der Waals surface area contributed by atoms with E-state index in [9.17, 15) is 4.79 Å². The molecule has 1 saturated heterocycles. The minimum atomic E-state index is -0.0567. The largest absolute Gasteiger partial charge is 0.378 e. The lowest BCUT2D eigenvalue weighted by molar-refractivity contribution is 0.0301. The number of morpholine rings is 1. The molecule has 1 amide bonds. The Labute approximate surface area is 149 Å². The second-order valence-corrected chi connectivity index (χ2v) is 6.25. The van der Waals surface area contributed by atoms with Crippen LogP contribution in [0.3, 0.4) is 0 Å². The fraction of sp³-hybridized carbons (Fsp3) is 0.294. The lowest BCUT2D eigenvalue weighted by Crippen LogP contribution is -2.41. The summed E-state index contributed by atoms with van der Waals surface area (Å²) < 4.78 is 6.91. The summed E-state index contributed by atoms with van der Waals surface area (Å²) in [5.74, 6) is 0.947. The maximum absolute atomic E-state index is 12.7. The van der Waals surface area contributed by atoms with Crippen LogP contribution < -0.4 is 0 Å². The Bertz CT molecular complexity index is 932. The second-order valence-electron chi connectivity index (χ2n) is 5.82. The Morgan fingerprint density at radius 1 is 1.20 bits per heavy atom. The second kappa shape index (κ2) is 6.42. The lowest BCUT2D eigenvalue weighted by Gasteiger charge is -2.27. The van der Waals surface area contributed by atoms with Crippen LogP contribution in [0.2, 0.25) is 5.02 Å². The summed E-state index contributed by atoms with van der Waals surface area (Å²) >= 11 is 5.92. The average Bonchev–Trinajstić information content (AvgIpc) is 3.08. The van der Waals surface area contributed by atoms with E-state index in [0.29, 0.717) is 54.2 Å². The SMILES string of the molecule is Cc1c(C(=O)N2CCOCC2)cnc2nc(-c3ccc(Cl)cc3)nn12. The van der Waals surface area contributed by atoms with E-state index < -0.39 is 0 Å². The summed E-state index contributed by atoms with van der Waals surface area (Å²) in [7, 11) is 0. The Kier molecular flexibility index (Phi) is 4.10. The van der Waals surface area contributed by atoms with Gasteiger partial charge in [-0.05, 0) is 31.2 Å². The zero-order valence-corrected chi connectivity index (χ0v) is 14.4. The van der Waals surface area contributed by atoms with Gasteiger partial charge in [-0.15, -0.1) is 5.10 Å². The summed E-state index contributed by atoms with van der Waals surface area (Å²) in [5.41, 5.74) is 2.09. The minimum Gasteiger partial charge on any atom is -0.378 e. The minimum absolute atomic E-state index is 0.0567. The van der Waals surface area contributed by atoms with E-state index in [1.807, 2.05) is 19.1 Å². The van der Waals surface area contributed by atoms with Crippen molar-refractivity contribution in [1.29, 1.82) is 0 Å². The number of nitrogens with zero attached hydrogens (tertiary/aromatic N) is 5. The molecule has 0 atom stereocenters. The number of halogens is 1. The zero-order valence-electron chi connectivity index (χ0n) is 13.6. The zero-order chi connectivity index (χ0) is 17.4. The van der Waals surface area contributed by atoms with Crippen LogP contribution in [0.25, 0.3) is 17.2 Å². The van der Waals surface area contributed by atoms with Gasteiger partial charge in [0.25, 0.3) is 11.7 Å². The number of benzene rings is 1. The van der Waals surface area contributed by atoms with Crippen molar-refractivity contribution in [3.8, 4) is 11.4 Å². The molecule has 1 aromatic carbocycles. The molecular weight excluding hydrogens is 342 g/mol. The number of carbonyl (C=O) groups excluding carboxylic acids is 1. The molecule has 25 heavy (non-hydrogen) atoms. The molecule has 0 aliphatic carbocycles. The maximum Gasteiger partial charge on any atom is 0.257 e. The monoisotopic (exact) mass is 357 g/mol. The highest BCUT2D eigenvalue weighted by atomic mass is 35.5. The van der Waals surface area contributed by atoms with Crippen molar-refractivity contribution in [3.63, 3.8) is 0 Å². The smallest absolute Gasteiger partial charge is 0.257 e. The number of carbonyl (C=O) groups is 1. The molecule has 3 heterocycles. The van der Waals surface area contributed by atoms with E-state index in [4.69, 9.17) is 16.3 Å². The Morgan fingerprint density at radius 3 is 2.64 bits per heavy atom. The fourth-order valence-electron chi connectivity index (χ4n) is 2.81. The molecule has 7 nitrogen and oxygen atoms in total. The molecule has 0 bridgehead atoms. The molecule has 1 fully saturated rings. The van der Waals surface area contributed by atoms with Crippen molar-refractivity contribution in [2.45, 2.75) is 6.92 Å². The summed E-state index contributed by atoms with van der Waals surface area (Å²) in [5, 5.41) is 5.16.